The van der Waals surface area contributed by atoms with Crippen molar-refractivity contribution in [3.63, 3.8) is 0 Å². The summed E-state index contributed by atoms with van der Waals surface area (Å²) in [5.74, 6) is -0.256. The largest absolute Gasteiger partial charge is 0.385 e. The zero-order chi connectivity index (χ0) is 12.5. The van der Waals surface area contributed by atoms with Crippen LogP contribution in [-0.2, 0) is 10.3 Å². The molecule has 1 heterocycles. The van der Waals surface area contributed by atoms with Gasteiger partial charge in [0.15, 0.2) is 0 Å². The summed E-state index contributed by atoms with van der Waals surface area (Å²) in [6.07, 6.45) is 2.16. The van der Waals surface area contributed by atoms with Crippen LogP contribution in [0, 0.1) is 12.7 Å². The third-order valence-corrected chi connectivity index (χ3v) is 3.58. The van der Waals surface area contributed by atoms with Crippen LogP contribution in [0.1, 0.15) is 37.3 Å². The first-order valence-corrected chi connectivity index (χ1v) is 6.16. The van der Waals surface area contributed by atoms with Crippen LogP contribution >= 0.6 is 0 Å². The van der Waals surface area contributed by atoms with E-state index in [2.05, 4.69) is 0 Å². The van der Waals surface area contributed by atoms with Gasteiger partial charge < -0.3 is 9.84 Å². The molecule has 0 spiro atoms. The maximum atomic E-state index is 13.1. The maximum Gasteiger partial charge on any atom is 0.123 e. The Morgan fingerprint density at radius 3 is 2.94 bits per heavy atom. The summed E-state index contributed by atoms with van der Waals surface area (Å²) < 4.78 is 18.6. The number of hydrogen-bond donors (Lipinski definition) is 1. The van der Waals surface area contributed by atoms with Gasteiger partial charge in [0.25, 0.3) is 0 Å². The number of halogens is 1. The molecule has 1 aromatic rings. The van der Waals surface area contributed by atoms with Crippen molar-refractivity contribution in [1.29, 1.82) is 0 Å². The van der Waals surface area contributed by atoms with E-state index < -0.39 is 5.60 Å². The Bertz CT molecular complexity index is 405. The van der Waals surface area contributed by atoms with Crippen molar-refractivity contribution >= 4 is 0 Å². The summed E-state index contributed by atoms with van der Waals surface area (Å²) in [7, 11) is 0. The topological polar surface area (TPSA) is 29.5 Å². The van der Waals surface area contributed by atoms with Gasteiger partial charge in [0.2, 0.25) is 0 Å². The van der Waals surface area contributed by atoms with Crippen LogP contribution in [0.2, 0.25) is 0 Å². The molecule has 94 valence electrons. The summed E-state index contributed by atoms with van der Waals surface area (Å²) >= 11 is 0. The summed E-state index contributed by atoms with van der Waals surface area (Å²) in [5, 5.41) is 10.7. The SMILES string of the molecule is CCC1CC(O)(c2ccc(F)cc2C)CCO1. The highest BCUT2D eigenvalue weighted by atomic mass is 19.1. The molecule has 0 radical (unpaired) electrons. The van der Waals surface area contributed by atoms with Gasteiger partial charge >= 0.3 is 0 Å². The number of benzene rings is 1. The Morgan fingerprint density at radius 2 is 2.29 bits per heavy atom. The quantitative estimate of drug-likeness (QED) is 0.858. The third kappa shape index (κ3) is 2.50. The first-order chi connectivity index (χ1) is 8.05. The Morgan fingerprint density at radius 1 is 1.53 bits per heavy atom. The minimum absolute atomic E-state index is 0.0956. The molecule has 1 fully saturated rings. The normalized spacial score (nSPS) is 29.3. The average molecular weight is 238 g/mol. The van der Waals surface area contributed by atoms with Gasteiger partial charge in [-0.05, 0) is 36.6 Å². The van der Waals surface area contributed by atoms with Crippen molar-refractivity contribution in [2.45, 2.75) is 44.8 Å². The van der Waals surface area contributed by atoms with Crippen molar-refractivity contribution in [2.75, 3.05) is 6.61 Å². The van der Waals surface area contributed by atoms with Crippen LogP contribution in [0.15, 0.2) is 18.2 Å². The average Bonchev–Trinajstić information content (AvgIpc) is 2.28. The highest BCUT2D eigenvalue weighted by Gasteiger charge is 2.36. The molecule has 0 bridgehead atoms. The molecule has 0 saturated carbocycles. The molecule has 2 rings (SSSR count). The second-order valence-corrected chi connectivity index (χ2v) is 4.85. The molecule has 1 aromatic carbocycles. The Hall–Kier alpha value is -0.930. The second-order valence-electron chi connectivity index (χ2n) is 4.85. The number of rotatable bonds is 2. The molecular formula is C14H19FO2. The fraction of sp³-hybridized carbons (Fsp3) is 0.571. The lowest BCUT2D eigenvalue weighted by Crippen LogP contribution is -2.38. The molecule has 0 amide bonds. The minimum atomic E-state index is -0.864. The van der Waals surface area contributed by atoms with E-state index in [1.165, 1.54) is 12.1 Å². The molecule has 2 atom stereocenters. The predicted molar refractivity (Wildman–Crippen MR) is 64.3 cm³/mol. The van der Waals surface area contributed by atoms with Gasteiger partial charge in [0, 0.05) is 12.8 Å². The smallest absolute Gasteiger partial charge is 0.123 e. The van der Waals surface area contributed by atoms with Crippen molar-refractivity contribution < 1.29 is 14.2 Å². The van der Waals surface area contributed by atoms with Gasteiger partial charge in [-0.3, -0.25) is 0 Å². The molecule has 0 aromatic heterocycles. The van der Waals surface area contributed by atoms with E-state index in [9.17, 15) is 9.50 Å². The van der Waals surface area contributed by atoms with Crippen LogP contribution in [0.25, 0.3) is 0 Å². The number of aryl methyl sites for hydroxylation is 1. The van der Waals surface area contributed by atoms with Gasteiger partial charge in [-0.25, -0.2) is 4.39 Å². The third-order valence-electron chi connectivity index (χ3n) is 3.58. The van der Waals surface area contributed by atoms with E-state index in [1.54, 1.807) is 6.07 Å². The molecule has 0 aliphatic carbocycles. The highest BCUT2D eigenvalue weighted by Crippen LogP contribution is 2.37. The van der Waals surface area contributed by atoms with Crippen LogP contribution in [0.5, 0.6) is 0 Å². The zero-order valence-corrected chi connectivity index (χ0v) is 10.4. The molecule has 3 heteroatoms. The van der Waals surface area contributed by atoms with Crippen molar-refractivity contribution in [1.82, 2.24) is 0 Å². The molecule has 2 nitrogen and oxygen atoms in total. The fourth-order valence-electron chi connectivity index (χ4n) is 2.59. The zero-order valence-electron chi connectivity index (χ0n) is 10.4. The van der Waals surface area contributed by atoms with Gasteiger partial charge in [-0.15, -0.1) is 0 Å². The second kappa shape index (κ2) is 4.75. The lowest BCUT2D eigenvalue weighted by atomic mass is 9.81. The lowest BCUT2D eigenvalue weighted by molar-refractivity contribution is -0.108. The standard InChI is InChI=1S/C14H19FO2/c1-3-12-9-14(16,6-7-17-12)13-5-4-11(15)8-10(13)2/h4-5,8,12,16H,3,6-7,9H2,1-2H3. The van der Waals surface area contributed by atoms with E-state index in [-0.39, 0.29) is 11.9 Å². The van der Waals surface area contributed by atoms with Crippen molar-refractivity contribution in [2.24, 2.45) is 0 Å². The van der Waals surface area contributed by atoms with E-state index in [1.807, 2.05) is 13.8 Å². The molecule has 1 N–H and O–H groups in total. The number of ether oxygens (including phenoxy) is 1. The molecule has 1 saturated heterocycles. The van der Waals surface area contributed by atoms with Gasteiger partial charge in [0.1, 0.15) is 5.82 Å². The molecular weight excluding hydrogens is 219 g/mol. The van der Waals surface area contributed by atoms with Crippen LogP contribution in [-0.4, -0.2) is 17.8 Å². The van der Waals surface area contributed by atoms with Crippen LogP contribution in [0.4, 0.5) is 4.39 Å². The first-order valence-electron chi connectivity index (χ1n) is 6.16. The number of aliphatic hydroxyl groups is 1. The highest BCUT2D eigenvalue weighted by molar-refractivity contribution is 5.32. The summed E-state index contributed by atoms with van der Waals surface area (Å²) in [4.78, 5) is 0. The van der Waals surface area contributed by atoms with Gasteiger partial charge in [-0.2, -0.15) is 0 Å². The van der Waals surface area contributed by atoms with E-state index >= 15 is 0 Å². The van der Waals surface area contributed by atoms with E-state index in [4.69, 9.17) is 4.74 Å². The van der Waals surface area contributed by atoms with Gasteiger partial charge in [-0.1, -0.05) is 13.0 Å². The summed E-state index contributed by atoms with van der Waals surface area (Å²) in [6.45, 7) is 4.45. The Balaban J connectivity index is 2.30. The van der Waals surface area contributed by atoms with Gasteiger partial charge in [0.05, 0.1) is 18.3 Å². The maximum absolute atomic E-state index is 13.1. The van der Waals surface area contributed by atoms with E-state index in [0.717, 1.165) is 17.5 Å². The molecule has 2 unspecified atom stereocenters. The summed E-state index contributed by atoms with van der Waals surface area (Å²) in [5.41, 5.74) is 0.779. The Kier molecular flexibility index (Phi) is 3.50. The monoisotopic (exact) mass is 238 g/mol. The minimum Gasteiger partial charge on any atom is -0.385 e. The van der Waals surface area contributed by atoms with Crippen molar-refractivity contribution in [3.8, 4) is 0 Å². The fourth-order valence-corrected chi connectivity index (χ4v) is 2.59. The van der Waals surface area contributed by atoms with Crippen molar-refractivity contribution in [3.05, 3.63) is 35.1 Å². The Labute approximate surface area is 101 Å². The lowest BCUT2D eigenvalue weighted by Gasteiger charge is -2.37. The molecule has 17 heavy (non-hydrogen) atoms. The summed E-state index contributed by atoms with van der Waals surface area (Å²) in [6, 6.07) is 4.59. The number of hydrogen-bond acceptors (Lipinski definition) is 2. The molecule has 1 aliphatic heterocycles. The van der Waals surface area contributed by atoms with Crippen LogP contribution in [0.3, 0.4) is 0 Å². The van der Waals surface area contributed by atoms with Crippen LogP contribution < -0.4 is 0 Å². The van der Waals surface area contributed by atoms with E-state index in [0.29, 0.717) is 19.4 Å². The molecule has 1 aliphatic rings. The first kappa shape index (κ1) is 12.5. The predicted octanol–water partition coefficient (Wildman–Crippen LogP) is 2.91.